The Morgan fingerprint density at radius 1 is 0.578 bits per heavy atom. The number of urea groups is 2. The van der Waals surface area contributed by atoms with Crippen molar-refractivity contribution < 1.29 is 45.2 Å². The van der Waals surface area contributed by atoms with Gasteiger partial charge in [0.15, 0.2) is 11.6 Å². The summed E-state index contributed by atoms with van der Waals surface area (Å²) in [6, 6.07) is 34.2. The molecule has 6 amide bonds. The topological polar surface area (TPSA) is 233 Å². The lowest BCUT2D eigenvalue weighted by molar-refractivity contribution is 0.0943. The van der Waals surface area contributed by atoms with E-state index < -0.39 is 61.7 Å². The second-order valence-electron chi connectivity index (χ2n) is 19.7. The average Bonchev–Trinajstić information content (AvgIpc) is 3.49. The first-order valence-electron chi connectivity index (χ1n) is 26.2. The van der Waals surface area contributed by atoms with E-state index in [0.29, 0.717) is 64.6 Å². The van der Waals surface area contributed by atoms with E-state index >= 15 is 0 Å². The van der Waals surface area contributed by atoms with Crippen molar-refractivity contribution in [1.29, 1.82) is 0 Å². The Labute approximate surface area is 475 Å². The lowest BCUT2D eigenvalue weighted by Gasteiger charge is -2.31. The van der Waals surface area contributed by atoms with Crippen molar-refractivity contribution in [3.63, 3.8) is 0 Å². The van der Waals surface area contributed by atoms with Crippen LogP contribution in [0.4, 0.5) is 56.1 Å². The highest BCUT2D eigenvalue weighted by Gasteiger charge is 2.37. The van der Waals surface area contributed by atoms with Gasteiger partial charge in [0, 0.05) is 71.9 Å². The van der Waals surface area contributed by atoms with Crippen LogP contribution in [0.2, 0.25) is 0 Å². The number of hydrogen-bond acceptors (Lipinski definition) is 12. The van der Waals surface area contributed by atoms with Gasteiger partial charge in [-0.3, -0.25) is 9.59 Å². The fourth-order valence-corrected chi connectivity index (χ4v) is 9.65. The highest BCUT2D eigenvalue weighted by atomic mass is 32.2. The summed E-state index contributed by atoms with van der Waals surface area (Å²) in [5.41, 5.74) is 4.99. The van der Waals surface area contributed by atoms with Gasteiger partial charge in [-0.1, -0.05) is 98.8 Å². The fourth-order valence-electron chi connectivity index (χ4n) is 9.14. The predicted molar refractivity (Wildman–Crippen MR) is 306 cm³/mol. The monoisotopic (exact) mass is 1150 g/mol. The molecule has 6 N–H and O–H groups in total. The normalized spacial score (nSPS) is 12.8. The van der Waals surface area contributed by atoms with E-state index in [1.54, 1.807) is 37.3 Å². The standard InChI is InChI=1S/C32H33F2N7O2.C28H23F2N5O4S/c1-19(2)35-14-15-36-31-39-27(23-16-22(13-12-20(23)3)30(42)37-17-21-8-5-4-6-9-21)24-18-38-32(43)41(29(24)40-31)28-25(33)10-7-11-26(28)34;1-16-11-12-18(26(36)31-14-17-7-4-3-5-8-17)13-19(16)23-20-15-32-28(37)35(24-21(29)9-6-10-22(24)30)25(20)34-27(33-23)40(2,38)39/h4-13,16,19,35H,14-15,17-18H2,1-3H3,(H,37,42)(H,38,43)(H,36,39,40);3-13H,14-15H2,1-2H3,(H,31,36)(H,32,37). The van der Waals surface area contributed by atoms with Gasteiger partial charge in [0.05, 0.1) is 24.5 Å². The number of carbonyl (C=O) groups is 4. The molecule has 8 aromatic rings. The summed E-state index contributed by atoms with van der Waals surface area (Å²) < 4.78 is 84.7. The Hall–Kier alpha value is -9.61. The molecule has 0 spiro atoms. The maximum Gasteiger partial charge on any atom is 0.328 e. The molecular formula is C60H56F4N12O6S. The van der Waals surface area contributed by atoms with E-state index in [-0.39, 0.29) is 65.4 Å². The Morgan fingerprint density at radius 2 is 1.01 bits per heavy atom. The van der Waals surface area contributed by atoms with Gasteiger partial charge in [0.2, 0.25) is 20.9 Å². The van der Waals surface area contributed by atoms with E-state index in [9.17, 15) is 45.2 Å². The van der Waals surface area contributed by atoms with Gasteiger partial charge in [0.25, 0.3) is 11.8 Å². The molecule has 0 atom stereocenters. The molecule has 0 saturated carbocycles. The number of nitrogens with one attached hydrogen (secondary N) is 6. The number of halogens is 4. The Morgan fingerprint density at radius 3 is 1.45 bits per heavy atom. The van der Waals surface area contributed by atoms with E-state index in [1.165, 1.54) is 6.07 Å². The second kappa shape index (κ2) is 25.0. The second-order valence-corrected chi connectivity index (χ2v) is 21.6. The van der Waals surface area contributed by atoms with Crippen molar-refractivity contribution in [2.75, 3.05) is 34.5 Å². The van der Waals surface area contributed by atoms with Gasteiger partial charge in [-0.25, -0.2) is 55.3 Å². The van der Waals surface area contributed by atoms with Crippen molar-refractivity contribution in [3.05, 3.63) is 201 Å². The lowest BCUT2D eigenvalue weighted by atomic mass is 9.97. The van der Waals surface area contributed by atoms with Crippen molar-refractivity contribution in [2.45, 2.75) is 65.1 Å². The van der Waals surface area contributed by atoms with Gasteiger partial charge in [0.1, 0.15) is 34.6 Å². The third-order valence-electron chi connectivity index (χ3n) is 13.3. The number of para-hydroxylation sites is 2. The molecule has 426 valence electrons. The number of aryl methyl sites for hydroxylation is 2. The summed E-state index contributed by atoms with van der Waals surface area (Å²) in [5, 5.41) is 16.8. The molecule has 0 unspecified atom stereocenters. The van der Waals surface area contributed by atoms with Crippen molar-refractivity contribution >= 4 is 62.7 Å². The highest BCUT2D eigenvalue weighted by molar-refractivity contribution is 7.90. The van der Waals surface area contributed by atoms with Gasteiger partial charge < -0.3 is 31.9 Å². The largest absolute Gasteiger partial charge is 0.353 e. The van der Waals surface area contributed by atoms with Gasteiger partial charge >= 0.3 is 12.1 Å². The molecule has 0 bridgehead atoms. The number of rotatable bonds is 16. The van der Waals surface area contributed by atoms with E-state index in [2.05, 4.69) is 46.9 Å². The van der Waals surface area contributed by atoms with Crippen LogP contribution in [0.3, 0.4) is 0 Å². The Bertz CT molecular complexity index is 3880. The van der Waals surface area contributed by atoms with Crippen LogP contribution in [-0.2, 0) is 36.0 Å². The minimum absolute atomic E-state index is 0.0229. The molecule has 23 heteroatoms. The van der Waals surface area contributed by atoms with Crippen molar-refractivity contribution in [3.8, 4) is 22.5 Å². The average molecular weight is 1150 g/mol. The molecule has 10 rings (SSSR count). The third-order valence-corrected chi connectivity index (χ3v) is 14.2. The minimum atomic E-state index is -4.04. The summed E-state index contributed by atoms with van der Waals surface area (Å²) in [7, 11) is -4.04. The van der Waals surface area contributed by atoms with Crippen LogP contribution in [0.5, 0.6) is 0 Å². The first kappa shape index (κ1) is 58.1. The Kier molecular flexibility index (Phi) is 17.5. The molecule has 4 heterocycles. The summed E-state index contributed by atoms with van der Waals surface area (Å²) in [4.78, 5) is 71.4. The molecule has 0 saturated heterocycles. The number of fused-ring (bicyclic) bond motifs is 2. The first-order valence-corrected chi connectivity index (χ1v) is 28.1. The van der Waals surface area contributed by atoms with Crippen LogP contribution in [0.25, 0.3) is 22.5 Å². The number of amides is 6. The molecule has 2 aromatic heterocycles. The smallest absolute Gasteiger partial charge is 0.328 e. The number of aromatic nitrogens is 4. The SMILES string of the molecule is Cc1ccc(C(=O)NCc2ccccc2)cc1-c1nc(NCCNC(C)C)nc2c1CNC(=O)N2c1c(F)cccc1F.Cc1ccc(C(=O)NCc2ccccc2)cc1-c1nc(S(C)(=O)=O)nc2c1CNC(=O)N2c1c(F)cccc1F. The number of nitrogens with zero attached hydrogens (tertiary/aromatic N) is 6. The van der Waals surface area contributed by atoms with E-state index in [4.69, 9.17) is 4.98 Å². The number of sulfone groups is 1. The van der Waals surface area contributed by atoms with Gasteiger partial charge in [-0.2, -0.15) is 9.97 Å². The zero-order chi connectivity index (χ0) is 59.1. The molecule has 83 heavy (non-hydrogen) atoms. The maximum atomic E-state index is 15.0. The van der Waals surface area contributed by atoms with Crippen LogP contribution in [0.15, 0.2) is 139 Å². The molecule has 0 radical (unpaired) electrons. The Balaban J connectivity index is 0.000000200. The zero-order valence-electron chi connectivity index (χ0n) is 45.6. The molecule has 0 aliphatic carbocycles. The van der Waals surface area contributed by atoms with E-state index in [1.807, 2.05) is 87.5 Å². The number of benzene rings is 6. The van der Waals surface area contributed by atoms with Crippen LogP contribution in [-0.4, -0.2) is 77.6 Å². The summed E-state index contributed by atoms with van der Waals surface area (Å²) in [6.45, 7) is 9.26. The van der Waals surface area contributed by atoms with Crippen LogP contribution in [0.1, 0.15) is 67.9 Å². The predicted octanol–water partition coefficient (Wildman–Crippen LogP) is 9.86. The first-order chi connectivity index (χ1) is 39.8. The number of anilines is 5. The lowest BCUT2D eigenvalue weighted by Crippen LogP contribution is -2.43. The van der Waals surface area contributed by atoms with Crippen molar-refractivity contribution in [2.24, 2.45) is 0 Å². The maximum absolute atomic E-state index is 15.0. The highest BCUT2D eigenvalue weighted by Crippen LogP contribution is 2.41. The molecular weight excluding hydrogens is 1090 g/mol. The molecule has 2 aliphatic rings. The quantitative estimate of drug-likeness (QED) is 0.0302. The number of hydrogen-bond donors (Lipinski definition) is 6. The summed E-state index contributed by atoms with van der Waals surface area (Å²) in [6.07, 6.45) is 0.885. The number of carbonyl (C=O) groups excluding carboxylic acids is 4. The van der Waals surface area contributed by atoms with Gasteiger partial charge in [-0.05, 0) is 84.6 Å². The minimum Gasteiger partial charge on any atom is -0.353 e. The third kappa shape index (κ3) is 13.1. The fraction of sp³-hybridized carbons (Fsp3) is 0.200. The van der Waals surface area contributed by atoms with Gasteiger partial charge in [-0.15, -0.1) is 0 Å². The zero-order valence-corrected chi connectivity index (χ0v) is 46.4. The van der Waals surface area contributed by atoms with Crippen molar-refractivity contribution in [1.82, 2.24) is 46.5 Å². The van der Waals surface area contributed by atoms with Crippen LogP contribution >= 0.6 is 0 Å². The van der Waals surface area contributed by atoms with E-state index in [0.717, 1.165) is 58.2 Å². The molecule has 6 aromatic carbocycles. The molecule has 18 nitrogen and oxygen atoms in total. The molecule has 0 fully saturated rings. The summed E-state index contributed by atoms with van der Waals surface area (Å²) >= 11 is 0. The van der Waals surface area contributed by atoms with Crippen LogP contribution in [0, 0.1) is 37.1 Å². The molecule has 2 aliphatic heterocycles. The summed E-state index contributed by atoms with van der Waals surface area (Å²) in [5.74, 6) is -4.61. The van der Waals surface area contributed by atoms with Crippen LogP contribution < -0.4 is 41.7 Å².